The molecule has 0 aliphatic heterocycles. The molecule has 0 fully saturated rings. The lowest BCUT2D eigenvalue weighted by Crippen LogP contribution is -2.18. The van der Waals surface area contributed by atoms with Gasteiger partial charge in [0.15, 0.2) is 0 Å². The number of nitrogens with zero attached hydrogens (tertiary/aromatic N) is 1. The summed E-state index contributed by atoms with van der Waals surface area (Å²) in [5.41, 5.74) is 9.45. The molecule has 3 nitrogen and oxygen atoms in total. The van der Waals surface area contributed by atoms with Crippen molar-refractivity contribution in [1.29, 1.82) is 0 Å². The Bertz CT molecular complexity index is 460. The Balaban J connectivity index is 2.00. The van der Waals surface area contributed by atoms with Crippen LogP contribution in [-0.4, -0.2) is 13.1 Å². The molecule has 0 amide bonds. The Hall–Kier alpha value is -1.74. The van der Waals surface area contributed by atoms with Crippen molar-refractivity contribution >= 4 is 5.69 Å². The van der Waals surface area contributed by atoms with E-state index < -0.39 is 0 Å². The van der Waals surface area contributed by atoms with E-state index in [9.17, 15) is 0 Å². The second-order valence-corrected chi connectivity index (χ2v) is 4.84. The van der Waals surface area contributed by atoms with Crippen LogP contribution in [0.3, 0.4) is 0 Å². The van der Waals surface area contributed by atoms with Crippen LogP contribution in [0, 0.1) is 0 Å². The fourth-order valence-corrected chi connectivity index (χ4v) is 2.01. The van der Waals surface area contributed by atoms with Gasteiger partial charge in [0.2, 0.25) is 0 Å². The van der Waals surface area contributed by atoms with Crippen molar-refractivity contribution in [3.05, 3.63) is 54.0 Å². The zero-order chi connectivity index (χ0) is 13.0. The quantitative estimate of drug-likeness (QED) is 0.879. The predicted molar refractivity (Wildman–Crippen MR) is 74.6 cm³/mol. The Kier molecular flexibility index (Phi) is 4.05. The van der Waals surface area contributed by atoms with Crippen LogP contribution in [0.4, 0.5) is 5.69 Å². The van der Waals surface area contributed by atoms with Gasteiger partial charge in [-0.2, -0.15) is 0 Å². The van der Waals surface area contributed by atoms with Gasteiger partial charge in [-0.3, -0.25) is 0 Å². The summed E-state index contributed by atoms with van der Waals surface area (Å²) in [6.07, 6.45) is 4.40. The minimum atomic E-state index is 0.208. The normalized spacial score (nSPS) is 12.4. The maximum absolute atomic E-state index is 5.79. The smallest absolute Gasteiger partial charge is 0.0952 e. The second-order valence-electron chi connectivity index (χ2n) is 4.84. The zero-order valence-electron chi connectivity index (χ0n) is 11.0. The molecule has 3 heteroatoms. The third-order valence-corrected chi connectivity index (χ3v) is 2.93. The van der Waals surface area contributed by atoms with E-state index in [1.807, 2.05) is 13.0 Å². The van der Waals surface area contributed by atoms with Gasteiger partial charge >= 0.3 is 0 Å². The molecular weight excluding hydrogens is 224 g/mol. The molecule has 1 aromatic carbocycles. The van der Waals surface area contributed by atoms with Crippen LogP contribution in [0.1, 0.15) is 18.1 Å². The molecule has 1 heterocycles. The monoisotopic (exact) mass is 244 g/mol. The number of anilines is 1. The Morgan fingerprint density at radius 2 is 1.89 bits per heavy atom. The molecule has 0 bridgehead atoms. The highest BCUT2D eigenvalue weighted by Crippen LogP contribution is 2.17. The highest BCUT2D eigenvalue weighted by atomic mass is 16.3. The number of rotatable bonds is 5. The van der Waals surface area contributed by atoms with E-state index in [0.717, 1.165) is 13.0 Å². The number of furan rings is 1. The summed E-state index contributed by atoms with van der Waals surface area (Å²) in [7, 11) is 2.08. The van der Waals surface area contributed by atoms with Gasteiger partial charge in [-0.25, -0.2) is 0 Å². The van der Waals surface area contributed by atoms with Gasteiger partial charge in [0.05, 0.1) is 12.5 Å². The van der Waals surface area contributed by atoms with Crippen LogP contribution >= 0.6 is 0 Å². The average molecular weight is 244 g/mol. The number of nitrogens with two attached hydrogens (primary N) is 1. The molecule has 0 radical (unpaired) electrons. The molecule has 0 saturated heterocycles. The molecule has 1 aromatic heterocycles. The van der Waals surface area contributed by atoms with Crippen molar-refractivity contribution in [3.8, 4) is 0 Å². The summed E-state index contributed by atoms with van der Waals surface area (Å²) in [6, 6.07) is 10.8. The predicted octanol–water partition coefficient (Wildman–Crippen LogP) is 2.81. The first-order valence-electron chi connectivity index (χ1n) is 6.22. The van der Waals surface area contributed by atoms with Gasteiger partial charge in [0.1, 0.15) is 0 Å². The Morgan fingerprint density at radius 3 is 2.44 bits per heavy atom. The molecule has 96 valence electrons. The molecule has 0 aliphatic rings. The largest absolute Gasteiger partial charge is 0.472 e. The number of hydrogen-bond donors (Lipinski definition) is 1. The maximum atomic E-state index is 5.79. The van der Waals surface area contributed by atoms with Gasteiger partial charge in [0.25, 0.3) is 0 Å². The standard InChI is InChI=1S/C15H20N2O/c1-12(16)9-13-3-5-15(6-4-13)17(2)10-14-7-8-18-11-14/h3-8,11-12H,9-10,16H2,1-2H3. The van der Waals surface area contributed by atoms with E-state index in [0.29, 0.717) is 0 Å². The third-order valence-electron chi connectivity index (χ3n) is 2.93. The minimum Gasteiger partial charge on any atom is -0.472 e. The van der Waals surface area contributed by atoms with Crippen LogP contribution in [0.25, 0.3) is 0 Å². The fraction of sp³-hybridized carbons (Fsp3) is 0.333. The zero-order valence-corrected chi connectivity index (χ0v) is 11.0. The number of hydrogen-bond acceptors (Lipinski definition) is 3. The van der Waals surface area contributed by atoms with Crippen LogP contribution in [0.15, 0.2) is 47.3 Å². The fourth-order valence-electron chi connectivity index (χ4n) is 2.01. The second kappa shape index (κ2) is 5.74. The van der Waals surface area contributed by atoms with E-state index in [-0.39, 0.29) is 6.04 Å². The highest BCUT2D eigenvalue weighted by molar-refractivity contribution is 5.47. The Morgan fingerprint density at radius 1 is 1.17 bits per heavy atom. The van der Waals surface area contributed by atoms with Crippen LogP contribution in [-0.2, 0) is 13.0 Å². The first-order valence-corrected chi connectivity index (χ1v) is 6.22. The van der Waals surface area contributed by atoms with Gasteiger partial charge in [-0.05, 0) is 37.1 Å². The highest BCUT2D eigenvalue weighted by Gasteiger charge is 2.04. The van der Waals surface area contributed by atoms with Gasteiger partial charge in [0, 0.05) is 30.9 Å². The van der Waals surface area contributed by atoms with E-state index >= 15 is 0 Å². The summed E-state index contributed by atoms with van der Waals surface area (Å²) in [5, 5.41) is 0. The van der Waals surface area contributed by atoms with E-state index in [1.54, 1.807) is 12.5 Å². The topological polar surface area (TPSA) is 42.4 Å². The average Bonchev–Trinajstić information content (AvgIpc) is 2.82. The summed E-state index contributed by atoms with van der Waals surface area (Å²) < 4.78 is 5.07. The lowest BCUT2D eigenvalue weighted by Gasteiger charge is -2.19. The van der Waals surface area contributed by atoms with Crippen LogP contribution in [0.2, 0.25) is 0 Å². The molecule has 0 aliphatic carbocycles. The molecule has 1 unspecified atom stereocenters. The van der Waals surface area contributed by atoms with Crippen molar-refractivity contribution < 1.29 is 4.42 Å². The van der Waals surface area contributed by atoms with Crippen molar-refractivity contribution in [1.82, 2.24) is 0 Å². The van der Waals surface area contributed by atoms with Gasteiger partial charge < -0.3 is 15.1 Å². The van der Waals surface area contributed by atoms with Crippen molar-refractivity contribution in [3.63, 3.8) is 0 Å². The Labute approximate surface area is 108 Å². The number of benzene rings is 1. The van der Waals surface area contributed by atoms with E-state index in [1.165, 1.54) is 16.8 Å². The summed E-state index contributed by atoms with van der Waals surface area (Å²) in [4.78, 5) is 2.19. The van der Waals surface area contributed by atoms with E-state index in [4.69, 9.17) is 10.2 Å². The molecule has 2 N–H and O–H groups in total. The molecule has 2 rings (SSSR count). The van der Waals surface area contributed by atoms with Crippen LogP contribution in [0.5, 0.6) is 0 Å². The summed E-state index contributed by atoms with van der Waals surface area (Å²) in [5.74, 6) is 0. The SMILES string of the molecule is CC(N)Cc1ccc(N(C)Cc2ccoc2)cc1. The van der Waals surface area contributed by atoms with Gasteiger partial charge in [-0.15, -0.1) is 0 Å². The molecule has 18 heavy (non-hydrogen) atoms. The summed E-state index contributed by atoms with van der Waals surface area (Å²) in [6.45, 7) is 2.88. The molecule has 1 atom stereocenters. The first-order chi connectivity index (χ1) is 8.65. The van der Waals surface area contributed by atoms with E-state index in [2.05, 4.69) is 36.2 Å². The minimum absolute atomic E-state index is 0.208. The lowest BCUT2D eigenvalue weighted by atomic mass is 10.1. The molecule has 2 aromatic rings. The lowest BCUT2D eigenvalue weighted by molar-refractivity contribution is 0.563. The molecular formula is C15H20N2O. The van der Waals surface area contributed by atoms with Crippen LogP contribution < -0.4 is 10.6 Å². The van der Waals surface area contributed by atoms with Crippen molar-refractivity contribution in [2.24, 2.45) is 5.73 Å². The third kappa shape index (κ3) is 3.37. The molecule has 0 saturated carbocycles. The molecule has 0 spiro atoms. The maximum Gasteiger partial charge on any atom is 0.0952 e. The van der Waals surface area contributed by atoms with Crippen molar-refractivity contribution in [2.45, 2.75) is 25.9 Å². The summed E-state index contributed by atoms with van der Waals surface area (Å²) >= 11 is 0. The van der Waals surface area contributed by atoms with Gasteiger partial charge in [-0.1, -0.05) is 12.1 Å². The van der Waals surface area contributed by atoms with Crippen molar-refractivity contribution in [2.75, 3.05) is 11.9 Å². The first kappa shape index (κ1) is 12.7.